The molecule has 2 aromatic heterocycles. The summed E-state index contributed by atoms with van der Waals surface area (Å²) in [5, 5.41) is 2.59. The molecule has 23 heavy (non-hydrogen) atoms. The van der Waals surface area contributed by atoms with Crippen LogP contribution in [0, 0.1) is 0 Å². The third kappa shape index (κ3) is 3.35. The van der Waals surface area contributed by atoms with Gasteiger partial charge in [-0.3, -0.25) is 14.7 Å². The number of thiazole rings is 1. The monoisotopic (exact) mass is 321 g/mol. The highest BCUT2D eigenvalue weighted by molar-refractivity contribution is 7.14. The zero-order valence-corrected chi connectivity index (χ0v) is 13.2. The molecule has 0 aliphatic rings. The second kappa shape index (κ2) is 6.98. The van der Waals surface area contributed by atoms with Crippen molar-refractivity contribution >= 4 is 22.4 Å². The van der Waals surface area contributed by atoms with Crippen molar-refractivity contribution in [1.29, 1.82) is 0 Å². The molecule has 3 rings (SSSR count). The van der Waals surface area contributed by atoms with Crippen LogP contribution in [0.4, 0.5) is 5.13 Å². The molecule has 0 bridgehead atoms. The van der Waals surface area contributed by atoms with Gasteiger partial charge in [0.2, 0.25) is 0 Å². The largest absolute Gasteiger partial charge is 0.279 e. The summed E-state index contributed by atoms with van der Waals surface area (Å²) < 4.78 is 0. The standard InChI is InChI=1S/C18H15N3OS/c1-2-12-21(17(22)15-10-6-7-11-19-15)18-20-16(13-23-18)14-8-4-3-5-9-14/h2-11,13H,1,12H2. The Kier molecular flexibility index (Phi) is 4.59. The topological polar surface area (TPSA) is 46.1 Å². The number of hydrogen-bond donors (Lipinski definition) is 0. The second-order valence-corrected chi connectivity index (χ2v) is 5.64. The Bertz CT molecular complexity index is 799. The molecule has 2 heterocycles. The molecule has 0 atom stereocenters. The first-order valence-corrected chi connectivity index (χ1v) is 8.02. The molecule has 0 spiro atoms. The summed E-state index contributed by atoms with van der Waals surface area (Å²) in [6.45, 7) is 4.12. The van der Waals surface area contributed by atoms with Crippen LogP contribution in [-0.4, -0.2) is 22.4 Å². The fourth-order valence-electron chi connectivity index (χ4n) is 2.13. The zero-order chi connectivity index (χ0) is 16.1. The van der Waals surface area contributed by atoms with Crippen LogP contribution in [0.5, 0.6) is 0 Å². The summed E-state index contributed by atoms with van der Waals surface area (Å²) in [5.41, 5.74) is 2.28. The van der Waals surface area contributed by atoms with Crippen LogP contribution in [0.3, 0.4) is 0 Å². The summed E-state index contributed by atoms with van der Waals surface area (Å²) >= 11 is 1.43. The van der Waals surface area contributed by atoms with Gasteiger partial charge >= 0.3 is 0 Å². The lowest BCUT2D eigenvalue weighted by Gasteiger charge is -2.17. The van der Waals surface area contributed by atoms with Gasteiger partial charge in [-0.05, 0) is 12.1 Å². The van der Waals surface area contributed by atoms with E-state index in [1.165, 1.54) is 11.3 Å². The SMILES string of the molecule is C=CCN(C(=O)c1ccccn1)c1nc(-c2ccccc2)cs1. The Morgan fingerprint density at radius 2 is 1.96 bits per heavy atom. The summed E-state index contributed by atoms with van der Waals surface area (Å²) in [6.07, 6.45) is 3.29. The fourth-order valence-corrected chi connectivity index (χ4v) is 2.98. The highest BCUT2D eigenvalue weighted by atomic mass is 32.1. The molecule has 3 aromatic rings. The van der Waals surface area contributed by atoms with Gasteiger partial charge in [0.1, 0.15) is 5.69 Å². The molecule has 0 aliphatic heterocycles. The van der Waals surface area contributed by atoms with Crippen molar-refractivity contribution in [2.45, 2.75) is 0 Å². The summed E-state index contributed by atoms with van der Waals surface area (Å²) in [7, 11) is 0. The van der Waals surface area contributed by atoms with E-state index in [0.717, 1.165) is 11.3 Å². The highest BCUT2D eigenvalue weighted by Crippen LogP contribution is 2.28. The second-order valence-electron chi connectivity index (χ2n) is 4.80. The first kappa shape index (κ1) is 15.1. The lowest BCUT2D eigenvalue weighted by Crippen LogP contribution is -2.31. The number of pyridine rings is 1. The van der Waals surface area contributed by atoms with Gasteiger partial charge in [-0.25, -0.2) is 4.98 Å². The number of nitrogens with zero attached hydrogens (tertiary/aromatic N) is 3. The molecule has 0 saturated carbocycles. The quantitative estimate of drug-likeness (QED) is 0.666. The fraction of sp³-hybridized carbons (Fsp3) is 0.0556. The van der Waals surface area contributed by atoms with Crippen LogP contribution in [0.2, 0.25) is 0 Å². The van der Waals surface area contributed by atoms with E-state index in [4.69, 9.17) is 0 Å². The van der Waals surface area contributed by atoms with Crippen molar-refractivity contribution in [1.82, 2.24) is 9.97 Å². The lowest BCUT2D eigenvalue weighted by atomic mass is 10.2. The lowest BCUT2D eigenvalue weighted by molar-refractivity contribution is 0.0985. The maximum absolute atomic E-state index is 12.7. The minimum Gasteiger partial charge on any atom is -0.279 e. The van der Waals surface area contributed by atoms with Crippen molar-refractivity contribution in [3.05, 3.63) is 78.5 Å². The van der Waals surface area contributed by atoms with Gasteiger partial charge in [0.25, 0.3) is 5.91 Å². The van der Waals surface area contributed by atoms with E-state index in [1.54, 1.807) is 35.4 Å². The first-order valence-electron chi connectivity index (χ1n) is 7.14. The van der Waals surface area contributed by atoms with Gasteiger partial charge in [0, 0.05) is 23.7 Å². The molecule has 4 nitrogen and oxygen atoms in total. The van der Waals surface area contributed by atoms with E-state index in [9.17, 15) is 4.79 Å². The average molecular weight is 321 g/mol. The average Bonchev–Trinajstić information content (AvgIpc) is 3.10. The zero-order valence-electron chi connectivity index (χ0n) is 12.4. The summed E-state index contributed by atoms with van der Waals surface area (Å²) in [4.78, 5) is 23.0. The van der Waals surface area contributed by atoms with E-state index in [0.29, 0.717) is 17.4 Å². The maximum Gasteiger partial charge on any atom is 0.278 e. The summed E-state index contributed by atoms with van der Waals surface area (Å²) in [6, 6.07) is 15.2. The number of aromatic nitrogens is 2. The summed E-state index contributed by atoms with van der Waals surface area (Å²) in [5.74, 6) is -0.181. The van der Waals surface area contributed by atoms with Crippen molar-refractivity contribution < 1.29 is 4.79 Å². The predicted molar refractivity (Wildman–Crippen MR) is 93.7 cm³/mol. The van der Waals surface area contributed by atoms with E-state index in [1.807, 2.05) is 35.7 Å². The van der Waals surface area contributed by atoms with Crippen molar-refractivity contribution in [3.63, 3.8) is 0 Å². The normalized spacial score (nSPS) is 10.3. The Morgan fingerprint density at radius 1 is 1.17 bits per heavy atom. The van der Waals surface area contributed by atoms with Crippen LogP contribution in [0.25, 0.3) is 11.3 Å². The number of hydrogen-bond acceptors (Lipinski definition) is 4. The minimum absolute atomic E-state index is 0.181. The Labute approximate surface area is 138 Å². The first-order chi connectivity index (χ1) is 11.3. The van der Waals surface area contributed by atoms with Gasteiger partial charge in [-0.15, -0.1) is 17.9 Å². The van der Waals surface area contributed by atoms with Crippen molar-refractivity contribution in [2.24, 2.45) is 0 Å². The molecule has 0 aliphatic carbocycles. The smallest absolute Gasteiger partial charge is 0.278 e. The van der Waals surface area contributed by atoms with E-state index in [2.05, 4.69) is 16.5 Å². The van der Waals surface area contributed by atoms with E-state index < -0.39 is 0 Å². The number of anilines is 1. The molecule has 0 fully saturated rings. The van der Waals surface area contributed by atoms with Crippen molar-refractivity contribution in [2.75, 3.05) is 11.4 Å². The molecule has 0 saturated heterocycles. The molecular weight excluding hydrogens is 306 g/mol. The predicted octanol–water partition coefficient (Wildman–Crippen LogP) is 4.04. The van der Waals surface area contributed by atoms with Gasteiger partial charge in [0.15, 0.2) is 5.13 Å². The van der Waals surface area contributed by atoms with Crippen molar-refractivity contribution in [3.8, 4) is 11.3 Å². The van der Waals surface area contributed by atoms with Crippen LogP contribution in [0.15, 0.2) is 72.8 Å². The van der Waals surface area contributed by atoms with Crippen LogP contribution in [0.1, 0.15) is 10.5 Å². The maximum atomic E-state index is 12.7. The van der Waals surface area contributed by atoms with Gasteiger partial charge in [0.05, 0.1) is 5.69 Å². The Hall–Kier alpha value is -2.79. The number of rotatable bonds is 5. The Morgan fingerprint density at radius 3 is 2.65 bits per heavy atom. The van der Waals surface area contributed by atoms with Gasteiger partial charge in [-0.1, -0.05) is 42.5 Å². The number of benzene rings is 1. The van der Waals surface area contributed by atoms with E-state index in [-0.39, 0.29) is 5.91 Å². The molecule has 1 amide bonds. The molecular formula is C18H15N3OS. The van der Waals surface area contributed by atoms with Crippen LogP contribution in [-0.2, 0) is 0 Å². The number of carbonyl (C=O) groups is 1. The van der Waals surface area contributed by atoms with E-state index >= 15 is 0 Å². The Balaban J connectivity index is 1.92. The van der Waals surface area contributed by atoms with Crippen LogP contribution >= 0.6 is 11.3 Å². The third-order valence-corrected chi connectivity index (χ3v) is 4.10. The van der Waals surface area contributed by atoms with Gasteiger partial charge < -0.3 is 0 Å². The minimum atomic E-state index is -0.181. The van der Waals surface area contributed by atoms with Crippen LogP contribution < -0.4 is 4.90 Å². The third-order valence-electron chi connectivity index (χ3n) is 3.23. The highest BCUT2D eigenvalue weighted by Gasteiger charge is 2.20. The molecule has 0 N–H and O–H groups in total. The number of amides is 1. The van der Waals surface area contributed by atoms with Gasteiger partial charge in [-0.2, -0.15) is 0 Å². The molecule has 0 radical (unpaired) electrons. The molecule has 1 aromatic carbocycles. The molecule has 114 valence electrons. The number of carbonyl (C=O) groups excluding carboxylic acids is 1. The molecule has 5 heteroatoms. The molecule has 0 unspecified atom stereocenters.